The first-order valence-electron chi connectivity index (χ1n) is 4.04. The van der Waals surface area contributed by atoms with E-state index in [4.69, 9.17) is 11.6 Å². The van der Waals surface area contributed by atoms with Crippen LogP contribution in [0.5, 0.6) is 0 Å². The Morgan fingerprint density at radius 3 is 2.23 bits per heavy atom. The van der Waals surface area contributed by atoms with Gasteiger partial charge in [-0.1, -0.05) is 23.7 Å². The van der Waals surface area contributed by atoms with Crippen LogP contribution in [0.4, 0.5) is 0 Å². The maximum atomic E-state index is 10.9. The van der Waals surface area contributed by atoms with Crippen LogP contribution in [0.3, 0.4) is 0 Å². The van der Waals surface area contributed by atoms with Crippen LogP contribution in [-0.4, -0.2) is 5.78 Å². The molecule has 0 unspecified atom stereocenters. The lowest BCUT2D eigenvalue weighted by atomic mass is 10.1. The Bertz CT molecular complexity index is 336. The molecule has 1 aromatic rings. The second-order valence-corrected chi connectivity index (χ2v) is 3.37. The van der Waals surface area contributed by atoms with Crippen molar-refractivity contribution in [2.24, 2.45) is 0 Å². The van der Waals surface area contributed by atoms with E-state index in [0.717, 1.165) is 11.1 Å². The summed E-state index contributed by atoms with van der Waals surface area (Å²) in [6.07, 6.45) is 1.85. The number of carbonyl (C=O) groups excluding carboxylic acids is 1. The molecule has 0 radical (unpaired) electrons. The van der Waals surface area contributed by atoms with Crippen LogP contribution < -0.4 is 0 Å². The van der Waals surface area contributed by atoms with Crippen LogP contribution in [0.25, 0.3) is 6.08 Å². The molecule has 0 fully saturated rings. The number of hydrogen-bond acceptors (Lipinski definition) is 1. The highest BCUT2D eigenvalue weighted by atomic mass is 35.5. The van der Waals surface area contributed by atoms with Crippen LogP contribution in [-0.2, 0) is 4.79 Å². The summed E-state index contributed by atoms with van der Waals surface area (Å²) in [7, 11) is 0. The molecule has 1 aromatic carbocycles. The van der Waals surface area contributed by atoms with E-state index in [2.05, 4.69) is 0 Å². The van der Waals surface area contributed by atoms with Crippen LogP contribution in [0.2, 0.25) is 5.02 Å². The molecule has 1 nitrogen and oxygen atoms in total. The number of halogens is 1. The molecule has 0 aliphatic rings. The van der Waals surface area contributed by atoms with E-state index in [1.165, 1.54) is 0 Å². The van der Waals surface area contributed by atoms with E-state index in [0.29, 0.717) is 5.02 Å². The number of benzene rings is 1. The van der Waals surface area contributed by atoms with Crippen LogP contribution >= 0.6 is 11.6 Å². The Balaban J connectivity index is 2.92. The molecule has 1 rings (SSSR count). The summed E-state index contributed by atoms with van der Waals surface area (Å²) >= 11 is 5.72. The molecule has 13 heavy (non-hydrogen) atoms. The highest BCUT2D eigenvalue weighted by molar-refractivity contribution is 6.30. The van der Waals surface area contributed by atoms with Gasteiger partial charge in [-0.2, -0.15) is 0 Å². The summed E-state index contributed by atoms with van der Waals surface area (Å²) < 4.78 is 0. The molecule has 2 heteroatoms. The van der Waals surface area contributed by atoms with Crippen molar-refractivity contribution in [1.29, 1.82) is 0 Å². The molecule has 68 valence electrons. The van der Waals surface area contributed by atoms with Crippen molar-refractivity contribution in [3.05, 3.63) is 40.4 Å². The lowest BCUT2D eigenvalue weighted by Crippen LogP contribution is -1.90. The average Bonchev–Trinajstić information content (AvgIpc) is 2.08. The Labute approximate surface area is 83.0 Å². The predicted molar refractivity (Wildman–Crippen MR) is 55.8 cm³/mol. The fourth-order valence-electron chi connectivity index (χ4n) is 0.911. The van der Waals surface area contributed by atoms with Crippen molar-refractivity contribution >= 4 is 23.5 Å². The first-order valence-corrected chi connectivity index (χ1v) is 4.42. The van der Waals surface area contributed by atoms with Gasteiger partial charge in [-0.05, 0) is 43.2 Å². The van der Waals surface area contributed by atoms with Gasteiger partial charge in [0.1, 0.15) is 0 Å². The summed E-state index contributed by atoms with van der Waals surface area (Å²) in [6.45, 7) is 3.36. The minimum atomic E-state index is 0.0925. The maximum Gasteiger partial charge on any atom is 0.155 e. The Morgan fingerprint density at radius 1 is 1.23 bits per heavy atom. The monoisotopic (exact) mass is 194 g/mol. The van der Waals surface area contributed by atoms with E-state index >= 15 is 0 Å². The number of Topliss-reactive ketones (excluding diaryl/α,β-unsaturated/α-hetero) is 1. The highest BCUT2D eigenvalue weighted by Gasteiger charge is 1.96. The lowest BCUT2D eigenvalue weighted by Gasteiger charge is -1.96. The zero-order valence-electron chi connectivity index (χ0n) is 7.67. The van der Waals surface area contributed by atoms with Gasteiger partial charge in [0.05, 0.1) is 0 Å². The Morgan fingerprint density at radius 2 is 1.77 bits per heavy atom. The van der Waals surface area contributed by atoms with Gasteiger partial charge in [0.2, 0.25) is 0 Å². The molecule has 0 aliphatic heterocycles. The van der Waals surface area contributed by atoms with E-state index in [-0.39, 0.29) is 5.78 Å². The smallest absolute Gasteiger partial charge is 0.155 e. The summed E-state index contributed by atoms with van der Waals surface area (Å²) in [4.78, 5) is 10.9. The fourth-order valence-corrected chi connectivity index (χ4v) is 1.04. The van der Waals surface area contributed by atoms with Crippen LogP contribution in [0.1, 0.15) is 19.4 Å². The van der Waals surface area contributed by atoms with Crippen molar-refractivity contribution in [2.75, 3.05) is 0 Å². The molecule has 0 amide bonds. The molecule has 0 atom stereocenters. The van der Waals surface area contributed by atoms with Gasteiger partial charge >= 0.3 is 0 Å². The van der Waals surface area contributed by atoms with Crippen molar-refractivity contribution in [1.82, 2.24) is 0 Å². The van der Waals surface area contributed by atoms with Crippen molar-refractivity contribution < 1.29 is 4.79 Å². The van der Waals surface area contributed by atoms with E-state index in [9.17, 15) is 4.79 Å². The predicted octanol–water partition coefficient (Wildman–Crippen LogP) is 3.33. The van der Waals surface area contributed by atoms with Crippen LogP contribution in [0, 0.1) is 0 Å². The van der Waals surface area contributed by atoms with Gasteiger partial charge < -0.3 is 0 Å². The third-order valence-electron chi connectivity index (χ3n) is 1.81. The average molecular weight is 195 g/mol. The maximum absolute atomic E-state index is 10.9. The number of hydrogen-bond donors (Lipinski definition) is 0. The van der Waals surface area contributed by atoms with Crippen molar-refractivity contribution in [2.45, 2.75) is 13.8 Å². The molecule has 0 saturated heterocycles. The molecule has 0 spiro atoms. The van der Waals surface area contributed by atoms with Crippen molar-refractivity contribution in [3.8, 4) is 0 Å². The third-order valence-corrected chi connectivity index (χ3v) is 2.06. The zero-order valence-corrected chi connectivity index (χ0v) is 8.43. The minimum Gasteiger partial charge on any atom is -0.295 e. The zero-order chi connectivity index (χ0) is 9.84. The minimum absolute atomic E-state index is 0.0925. The Kier molecular flexibility index (Phi) is 3.26. The summed E-state index contributed by atoms with van der Waals surface area (Å²) in [5.74, 6) is 0.0925. The molecule has 0 saturated carbocycles. The number of ketones is 1. The summed E-state index contributed by atoms with van der Waals surface area (Å²) in [6, 6.07) is 7.38. The second kappa shape index (κ2) is 4.24. The van der Waals surface area contributed by atoms with E-state index in [1.54, 1.807) is 26.0 Å². The van der Waals surface area contributed by atoms with Gasteiger partial charge in [-0.25, -0.2) is 0 Å². The highest BCUT2D eigenvalue weighted by Crippen LogP contribution is 2.12. The normalized spacial score (nSPS) is 11.5. The van der Waals surface area contributed by atoms with Gasteiger partial charge in [-0.15, -0.1) is 0 Å². The Hall–Kier alpha value is -1.08. The number of allylic oxidation sites excluding steroid dienone is 1. The molecule has 0 bridgehead atoms. The lowest BCUT2D eigenvalue weighted by molar-refractivity contribution is -0.113. The molecule has 0 aromatic heterocycles. The van der Waals surface area contributed by atoms with Gasteiger partial charge in [0, 0.05) is 5.02 Å². The number of rotatable bonds is 2. The van der Waals surface area contributed by atoms with Gasteiger partial charge in [0.15, 0.2) is 5.78 Å². The molecular formula is C11H11ClO. The van der Waals surface area contributed by atoms with Crippen molar-refractivity contribution in [3.63, 3.8) is 0 Å². The first-order chi connectivity index (χ1) is 6.09. The van der Waals surface area contributed by atoms with Crippen LogP contribution in [0.15, 0.2) is 29.8 Å². The van der Waals surface area contributed by atoms with Gasteiger partial charge in [0.25, 0.3) is 0 Å². The van der Waals surface area contributed by atoms with Gasteiger partial charge in [-0.3, -0.25) is 4.79 Å². The molecule has 0 aliphatic carbocycles. The van der Waals surface area contributed by atoms with E-state index < -0.39 is 0 Å². The standard InChI is InChI=1S/C11H11ClO/c1-8(9(2)13)7-10-3-5-11(12)6-4-10/h3-7H,1-2H3/b8-7-. The second-order valence-electron chi connectivity index (χ2n) is 2.94. The summed E-state index contributed by atoms with van der Waals surface area (Å²) in [5, 5.41) is 0.706. The molecule has 0 heterocycles. The largest absolute Gasteiger partial charge is 0.295 e. The third kappa shape index (κ3) is 3.03. The summed E-state index contributed by atoms with van der Waals surface area (Å²) in [5.41, 5.74) is 1.75. The SMILES string of the molecule is CC(=O)/C(C)=C\c1ccc(Cl)cc1. The molecular weight excluding hydrogens is 184 g/mol. The fraction of sp³-hybridized carbons (Fsp3) is 0.182. The molecule has 0 N–H and O–H groups in total. The quantitative estimate of drug-likeness (QED) is 0.660. The first kappa shape index (κ1) is 10.0. The topological polar surface area (TPSA) is 17.1 Å². The van der Waals surface area contributed by atoms with E-state index in [1.807, 2.05) is 18.2 Å². The number of carbonyl (C=O) groups is 1.